The summed E-state index contributed by atoms with van der Waals surface area (Å²) in [6.45, 7) is -0.363. The van der Waals surface area contributed by atoms with Crippen LogP contribution < -0.4 is 15.0 Å². The molecule has 0 aromatic heterocycles. The molecule has 134 valence electrons. The highest BCUT2D eigenvalue weighted by Crippen LogP contribution is 2.34. The molecule has 0 fully saturated rings. The van der Waals surface area contributed by atoms with Gasteiger partial charge < -0.3 is 14.8 Å². The average Bonchev–Trinajstić information content (AvgIpc) is 2.63. The predicted octanol–water partition coefficient (Wildman–Crippen LogP) is 2.49. The molecule has 0 unspecified atom stereocenters. The molecule has 0 saturated carbocycles. The molecule has 0 aliphatic carbocycles. The number of ether oxygens (including phenoxy) is 2. The largest absolute Gasteiger partial charge is 0.482 e. The number of amides is 2. The Hall–Kier alpha value is -3.06. The number of carbonyl (C=O) groups excluding carboxylic acids is 3. The molecule has 0 radical (unpaired) electrons. The lowest BCUT2D eigenvalue weighted by Gasteiger charge is -2.29. The zero-order valence-electron chi connectivity index (χ0n) is 13.8. The van der Waals surface area contributed by atoms with Crippen molar-refractivity contribution >= 4 is 40.8 Å². The number of methoxy groups -OCH3 is 1. The molecule has 1 aliphatic rings. The fourth-order valence-electron chi connectivity index (χ4n) is 2.53. The molecule has 0 bridgehead atoms. The second-order valence-electron chi connectivity index (χ2n) is 5.50. The van der Waals surface area contributed by atoms with Gasteiger partial charge in [0.1, 0.15) is 12.3 Å². The molecule has 1 aliphatic heterocycles. The van der Waals surface area contributed by atoms with Gasteiger partial charge in [0.15, 0.2) is 6.61 Å². The maximum Gasteiger partial charge on any atom is 0.337 e. The van der Waals surface area contributed by atoms with E-state index in [9.17, 15) is 14.4 Å². The molecular formula is C18H15ClN2O5. The van der Waals surface area contributed by atoms with Crippen molar-refractivity contribution in [2.45, 2.75) is 0 Å². The molecule has 7 nitrogen and oxygen atoms in total. The Morgan fingerprint density at radius 1 is 1.27 bits per heavy atom. The molecular weight excluding hydrogens is 360 g/mol. The molecule has 2 aromatic rings. The van der Waals surface area contributed by atoms with Crippen LogP contribution in [-0.2, 0) is 14.3 Å². The normalized spacial score (nSPS) is 12.8. The first-order chi connectivity index (χ1) is 12.5. The van der Waals surface area contributed by atoms with Crippen molar-refractivity contribution in [2.24, 2.45) is 0 Å². The van der Waals surface area contributed by atoms with Crippen molar-refractivity contribution in [3.63, 3.8) is 0 Å². The second-order valence-corrected chi connectivity index (χ2v) is 5.94. The van der Waals surface area contributed by atoms with E-state index in [1.807, 2.05) is 0 Å². The molecule has 2 aromatic carbocycles. The molecule has 0 spiro atoms. The van der Waals surface area contributed by atoms with Crippen LogP contribution in [0.3, 0.4) is 0 Å². The lowest BCUT2D eigenvalue weighted by atomic mass is 10.2. The Morgan fingerprint density at radius 2 is 2.08 bits per heavy atom. The number of esters is 1. The van der Waals surface area contributed by atoms with Crippen molar-refractivity contribution in [1.29, 1.82) is 0 Å². The minimum atomic E-state index is -0.506. The molecule has 0 atom stereocenters. The van der Waals surface area contributed by atoms with Gasteiger partial charge in [0.2, 0.25) is 5.91 Å². The Bertz CT molecular complexity index is 884. The number of fused-ring (bicyclic) bond motifs is 1. The zero-order valence-corrected chi connectivity index (χ0v) is 14.6. The van der Waals surface area contributed by atoms with E-state index in [1.54, 1.807) is 36.4 Å². The summed E-state index contributed by atoms with van der Waals surface area (Å²) in [5, 5.41) is 3.09. The summed E-state index contributed by atoms with van der Waals surface area (Å²) in [6.07, 6.45) is 0. The highest BCUT2D eigenvalue weighted by Gasteiger charge is 2.27. The third-order valence-corrected chi connectivity index (χ3v) is 3.97. The van der Waals surface area contributed by atoms with Gasteiger partial charge in [-0.25, -0.2) is 4.79 Å². The number of nitrogens with one attached hydrogen (secondary N) is 1. The SMILES string of the molecule is COC(=O)c1cccc(NC(=O)CN2C(=O)COc3ccc(Cl)cc32)c1. The molecule has 1 N–H and O–H groups in total. The number of hydrogen-bond acceptors (Lipinski definition) is 5. The Morgan fingerprint density at radius 3 is 2.85 bits per heavy atom. The number of halogens is 1. The van der Waals surface area contributed by atoms with Gasteiger partial charge in [-0.05, 0) is 36.4 Å². The summed E-state index contributed by atoms with van der Waals surface area (Å²) < 4.78 is 9.99. The van der Waals surface area contributed by atoms with Crippen LogP contribution in [0.1, 0.15) is 10.4 Å². The van der Waals surface area contributed by atoms with Gasteiger partial charge in [-0.15, -0.1) is 0 Å². The van der Waals surface area contributed by atoms with E-state index < -0.39 is 11.9 Å². The first-order valence-electron chi connectivity index (χ1n) is 7.69. The summed E-state index contributed by atoms with van der Waals surface area (Å²) in [5.41, 5.74) is 1.17. The second kappa shape index (κ2) is 7.45. The Labute approximate surface area is 154 Å². The van der Waals surface area contributed by atoms with Crippen LogP contribution in [-0.4, -0.2) is 38.0 Å². The van der Waals surface area contributed by atoms with E-state index in [2.05, 4.69) is 10.1 Å². The summed E-state index contributed by atoms with van der Waals surface area (Å²) in [7, 11) is 1.28. The number of anilines is 2. The maximum absolute atomic E-state index is 12.4. The number of hydrogen-bond donors (Lipinski definition) is 1. The Kier molecular flexibility index (Phi) is 5.09. The van der Waals surface area contributed by atoms with Gasteiger partial charge in [0.05, 0.1) is 18.4 Å². The number of carbonyl (C=O) groups is 3. The van der Waals surface area contributed by atoms with Crippen molar-refractivity contribution < 1.29 is 23.9 Å². The van der Waals surface area contributed by atoms with Gasteiger partial charge in [-0.1, -0.05) is 17.7 Å². The van der Waals surface area contributed by atoms with Crippen LogP contribution in [0, 0.1) is 0 Å². The molecule has 26 heavy (non-hydrogen) atoms. The lowest BCUT2D eigenvalue weighted by Crippen LogP contribution is -2.43. The number of nitrogens with zero attached hydrogens (tertiary/aromatic N) is 1. The molecule has 3 rings (SSSR count). The standard InChI is InChI=1S/C18H15ClN2O5/c1-25-18(24)11-3-2-4-13(7-11)20-16(22)9-21-14-8-12(19)5-6-15(14)26-10-17(21)23/h2-8H,9-10H2,1H3,(H,20,22). The predicted molar refractivity (Wildman–Crippen MR) is 95.7 cm³/mol. The fraction of sp³-hybridized carbons (Fsp3) is 0.167. The van der Waals surface area contributed by atoms with Crippen LogP contribution in [0.25, 0.3) is 0 Å². The summed E-state index contributed by atoms with van der Waals surface area (Å²) in [4.78, 5) is 37.4. The molecule has 0 saturated heterocycles. The van der Waals surface area contributed by atoms with E-state index >= 15 is 0 Å². The molecule has 1 heterocycles. The van der Waals surface area contributed by atoms with Crippen LogP contribution in [0.15, 0.2) is 42.5 Å². The van der Waals surface area contributed by atoms with E-state index in [0.29, 0.717) is 27.7 Å². The minimum absolute atomic E-state index is 0.153. The summed E-state index contributed by atoms with van der Waals surface area (Å²) in [6, 6.07) is 11.2. The quantitative estimate of drug-likeness (QED) is 0.831. The first-order valence-corrected chi connectivity index (χ1v) is 8.06. The fourth-order valence-corrected chi connectivity index (χ4v) is 2.70. The Balaban J connectivity index is 1.76. The first kappa shape index (κ1) is 17.8. The van der Waals surface area contributed by atoms with Crippen molar-refractivity contribution in [3.05, 3.63) is 53.1 Å². The molecule has 8 heteroatoms. The van der Waals surface area contributed by atoms with Crippen molar-refractivity contribution in [3.8, 4) is 5.75 Å². The lowest BCUT2D eigenvalue weighted by molar-refractivity contribution is -0.123. The van der Waals surface area contributed by atoms with Crippen LogP contribution >= 0.6 is 11.6 Å². The zero-order chi connectivity index (χ0) is 18.7. The summed E-state index contributed by atoms with van der Waals surface area (Å²) >= 11 is 5.98. The van der Waals surface area contributed by atoms with E-state index in [0.717, 1.165) is 0 Å². The minimum Gasteiger partial charge on any atom is -0.482 e. The third kappa shape index (κ3) is 3.78. The van der Waals surface area contributed by atoms with Gasteiger partial charge >= 0.3 is 5.97 Å². The van der Waals surface area contributed by atoms with Crippen molar-refractivity contribution in [1.82, 2.24) is 0 Å². The van der Waals surface area contributed by atoms with Crippen LogP contribution in [0.5, 0.6) is 5.75 Å². The average molecular weight is 375 g/mol. The van der Waals surface area contributed by atoms with E-state index in [-0.39, 0.29) is 19.1 Å². The number of benzene rings is 2. The van der Waals surface area contributed by atoms with E-state index in [1.165, 1.54) is 18.1 Å². The topological polar surface area (TPSA) is 84.9 Å². The highest BCUT2D eigenvalue weighted by atomic mass is 35.5. The van der Waals surface area contributed by atoms with Crippen LogP contribution in [0.4, 0.5) is 11.4 Å². The van der Waals surface area contributed by atoms with Gasteiger partial charge in [-0.3, -0.25) is 14.5 Å². The smallest absolute Gasteiger partial charge is 0.337 e. The maximum atomic E-state index is 12.4. The summed E-state index contributed by atoms with van der Waals surface area (Å²) in [5.74, 6) is -0.797. The molecule has 2 amide bonds. The van der Waals surface area contributed by atoms with Gasteiger partial charge in [-0.2, -0.15) is 0 Å². The number of rotatable bonds is 4. The highest BCUT2D eigenvalue weighted by molar-refractivity contribution is 6.31. The van der Waals surface area contributed by atoms with Crippen LogP contribution in [0.2, 0.25) is 5.02 Å². The van der Waals surface area contributed by atoms with E-state index in [4.69, 9.17) is 16.3 Å². The van der Waals surface area contributed by atoms with Crippen molar-refractivity contribution in [2.75, 3.05) is 30.5 Å². The van der Waals surface area contributed by atoms with Gasteiger partial charge in [0, 0.05) is 10.7 Å². The van der Waals surface area contributed by atoms with Gasteiger partial charge in [0.25, 0.3) is 5.91 Å². The third-order valence-electron chi connectivity index (χ3n) is 3.73. The monoisotopic (exact) mass is 374 g/mol.